The van der Waals surface area contributed by atoms with Gasteiger partial charge in [-0.2, -0.15) is 0 Å². The quantitative estimate of drug-likeness (QED) is 0.825. The summed E-state index contributed by atoms with van der Waals surface area (Å²) >= 11 is 5.82. The number of aliphatic hydroxyl groups excluding tert-OH is 1. The number of anilines is 1. The zero-order valence-electron chi connectivity index (χ0n) is 11.6. The lowest BCUT2D eigenvalue weighted by atomic mass is 10.2. The van der Waals surface area contributed by atoms with Crippen molar-refractivity contribution in [3.8, 4) is 0 Å². The first-order chi connectivity index (χ1) is 9.93. The van der Waals surface area contributed by atoms with E-state index < -0.39 is 18.6 Å². The molecule has 1 unspecified atom stereocenters. The number of halogens is 1. The lowest BCUT2D eigenvalue weighted by molar-refractivity contribution is -0.123. The molecule has 2 N–H and O–H groups in total. The fraction of sp³-hybridized carbons (Fsp3) is 0.308. The number of nitrogens with one attached hydrogen (secondary N) is 1. The number of benzene rings is 1. The number of likely N-dealkylation sites (N-methyl/N-ethyl adjacent to an activating group) is 1. The van der Waals surface area contributed by atoms with Crippen molar-refractivity contribution in [1.29, 1.82) is 0 Å². The van der Waals surface area contributed by atoms with Gasteiger partial charge in [0.1, 0.15) is 0 Å². The van der Waals surface area contributed by atoms with Crippen LogP contribution < -0.4 is 10.4 Å². The van der Waals surface area contributed by atoms with E-state index in [0.29, 0.717) is 10.7 Å². The minimum Gasteiger partial charge on any atom is -0.394 e. The van der Waals surface area contributed by atoms with Crippen molar-refractivity contribution in [3.63, 3.8) is 0 Å². The number of carbonyl (C=O) groups excluding carboxylic acids is 2. The summed E-state index contributed by atoms with van der Waals surface area (Å²) < 4.78 is 0. The molecule has 112 valence electrons. The van der Waals surface area contributed by atoms with Gasteiger partial charge in [-0.15, -0.1) is 0 Å². The molecule has 0 aromatic heterocycles. The van der Waals surface area contributed by atoms with Crippen LogP contribution in [0.5, 0.6) is 0 Å². The second-order valence-electron chi connectivity index (χ2n) is 4.64. The molecule has 1 heterocycles. The molecule has 21 heavy (non-hydrogen) atoms. The van der Waals surface area contributed by atoms with Crippen LogP contribution in [0, 0.1) is 0 Å². The highest BCUT2D eigenvalue weighted by atomic mass is 35.5. The van der Waals surface area contributed by atoms with Crippen LogP contribution in [0.1, 0.15) is 0 Å². The van der Waals surface area contributed by atoms with Crippen LogP contribution in [0.3, 0.4) is 0 Å². The summed E-state index contributed by atoms with van der Waals surface area (Å²) in [5.41, 5.74) is 3.17. The van der Waals surface area contributed by atoms with Crippen LogP contribution in [-0.4, -0.2) is 54.4 Å². The van der Waals surface area contributed by atoms with Crippen LogP contribution >= 0.6 is 11.6 Å². The first kappa shape index (κ1) is 15.3. The first-order valence-electron chi connectivity index (χ1n) is 6.20. The number of hydrogen-bond donors (Lipinski definition) is 2. The summed E-state index contributed by atoms with van der Waals surface area (Å²) in [7, 11) is 3.15. The summed E-state index contributed by atoms with van der Waals surface area (Å²) in [6, 6.07) is 5.49. The Kier molecular flexibility index (Phi) is 4.44. The molecule has 8 heteroatoms. The highest BCUT2D eigenvalue weighted by Crippen LogP contribution is 2.19. The molecule has 0 fully saturated rings. The zero-order valence-corrected chi connectivity index (χ0v) is 12.3. The molecule has 1 aliphatic rings. The normalized spacial score (nSPS) is 18.1. The summed E-state index contributed by atoms with van der Waals surface area (Å²) in [6.45, 7) is -0.477. The number of amides is 2. The van der Waals surface area contributed by atoms with E-state index in [-0.39, 0.29) is 11.7 Å². The molecule has 1 atom stereocenters. The average molecular weight is 311 g/mol. The molecule has 0 radical (unpaired) electrons. The summed E-state index contributed by atoms with van der Waals surface area (Å²) in [5.74, 6) is -0.844. The Labute approximate surface area is 126 Å². The fourth-order valence-corrected chi connectivity index (χ4v) is 1.89. The number of hydrazine groups is 1. The highest BCUT2D eigenvalue weighted by molar-refractivity contribution is 6.39. The number of nitrogens with zero attached hydrogens (tertiary/aromatic N) is 3. The van der Waals surface area contributed by atoms with Crippen LogP contribution in [0.4, 0.5) is 5.69 Å². The topological polar surface area (TPSA) is 85.2 Å². The van der Waals surface area contributed by atoms with Crippen molar-refractivity contribution in [3.05, 3.63) is 29.3 Å². The van der Waals surface area contributed by atoms with E-state index in [1.54, 1.807) is 38.4 Å². The van der Waals surface area contributed by atoms with Gasteiger partial charge in [-0.1, -0.05) is 11.6 Å². The van der Waals surface area contributed by atoms with E-state index >= 15 is 0 Å². The van der Waals surface area contributed by atoms with Gasteiger partial charge in [0.25, 0.3) is 11.8 Å². The molecule has 1 aliphatic heterocycles. The molecule has 7 nitrogen and oxygen atoms in total. The third kappa shape index (κ3) is 3.14. The van der Waals surface area contributed by atoms with Gasteiger partial charge in [-0.3, -0.25) is 15.0 Å². The predicted molar refractivity (Wildman–Crippen MR) is 79.1 cm³/mol. The van der Waals surface area contributed by atoms with E-state index in [0.717, 1.165) is 0 Å². The van der Waals surface area contributed by atoms with Crippen LogP contribution in [0.15, 0.2) is 29.3 Å². The van der Waals surface area contributed by atoms with Gasteiger partial charge in [0.15, 0.2) is 6.04 Å². The van der Waals surface area contributed by atoms with Crippen molar-refractivity contribution in [2.75, 3.05) is 25.7 Å². The Morgan fingerprint density at radius 1 is 1.43 bits per heavy atom. The monoisotopic (exact) mass is 310 g/mol. The van der Waals surface area contributed by atoms with Gasteiger partial charge in [-0.05, 0) is 24.3 Å². The molecule has 0 bridgehead atoms. The standard InChI is InChI=1S/C13H15ClN4O3/c1-17(2)13(21)11-15-10(7-19)12(20)18(16-11)9-5-3-8(14)4-6-9/h3-6,10,19H,7H2,1-2H3,(H,15,16). The summed E-state index contributed by atoms with van der Waals surface area (Å²) in [6.07, 6.45) is 0. The Bertz CT molecular complexity index is 586. The smallest absolute Gasteiger partial charge is 0.290 e. The Morgan fingerprint density at radius 2 is 2.05 bits per heavy atom. The number of rotatable bonds is 3. The molecule has 1 aromatic rings. The van der Waals surface area contributed by atoms with E-state index in [9.17, 15) is 14.7 Å². The van der Waals surface area contributed by atoms with Gasteiger partial charge >= 0.3 is 0 Å². The second-order valence-corrected chi connectivity index (χ2v) is 5.07. The maximum Gasteiger partial charge on any atom is 0.290 e. The van der Waals surface area contributed by atoms with Crippen LogP contribution in [0.25, 0.3) is 0 Å². The molecular formula is C13H15ClN4O3. The van der Waals surface area contributed by atoms with Gasteiger partial charge in [-0.25, -0.2) is 10.0 Å². The second kappa shape index (κ2) is 6.11. The third-order valence-electron chi connectivity index (χ3n) is 2.87. The van der Waals surface area contributed by atoms with Crippen molar-refractivity contribution in [2.24, 2.45) is 4.99 Å². The molecule has 0 saturated carbocycles. The number of amidine groups is 1. The van der Waals surface area contributed by atoms with Crippen molar-refractivity contribution in [2.45, 2.75) is 6.04 Å². The number of aliphatic hydroxyl groups is 1. The van der Waals surface area contributed by atoms with Crippen LogP contribution in [-0.2, 0) is 9.59 Å². The first-order valence-corrected chi connectivity index (χ1v) is 6.58. The Hall–Kier alpha value is -2.12. The predicted octanol–water partition coefficient (Wildman–Crippen LogP) is 0.0388. The number of aliphatic imine (C=N–C) groups is 1. The number of carbonyl (C=O) groups is 2. The summed E-state index contributed by atoms with van der Waals surface area (Å²) in [5, 5.41) is 11.0. The Balaban J connectivity index is 2.35. The highest BCUT2D eigenvalue weighted by Gasteiger charge is 2.33. The van der Waals surface area contributed by atoms with Crippen molar-refractivity contribution < 1.29 is 14.7 Å². The molecule has 0 spiro atoms. The van der Waals surface area contributed by atoms with Gasteiger partial charge in [0.05, 0.1) is 12.3 Å². The maximum absolute atomic E-state index is 12.2. The van der Waals surface area contributed by atoms with Gasteiger partial charge in [0.2, 0.25) is 5.84 Å². The van der Waals surface area contributed by atoms with Crippen molar-refractivity contribution >= 4 is 34.9 Å². The zero-order chi connectivity index (χ0) is 15.6. The van der Waals surface area contributed by atoms with E-state index in [4.69, 9.17) is 11.6 Å². The van der Waals surface area contributed by atoms with Crippen LogP contribution in [0.2, 0.25) is 5.02 Å². The van der Waals surface area contributed by atoms with E-state index in [2.05, 4.69) is 10.4 Å². The lowest BCUT2D eigenvalue weighted by Crippen LogP contribution is -2.59. The van der Waals surface area contributed by atoms with Crippen molar-refractivity contribution in [1.82, 2.24) is 10.3 Å². The maximum atomic E-state index is 12.2. The summed E-state index contributed by atoms with van der Waals surface area (Å²) in [4.78, 5) is 29.5. The van der Waals surface area contributed by atoms with Gasteiger partial charge < -0.3 is 10.0 Å². The Morgan fingerprint density at radius 3 is 2.57 bits per heavy atom. The fourth-order valence-electron chi connectivity index (χ4n) is 1.77. The van der Waals surface area contributed by atoms with E-state index in [1.807, 2.05) is 0 Å². The third-order valence-corrected chi connectivity index (χ3v) is 3.13. The molecule has 0 saturated heterocycles. The molecule has 2 amide bonds. The molecule has 2 rings (SSSR count). The lowest BCUT2D eigenvalue weighted by Gasteiger charge is -2.31. The largest absolute Gasteiger partial charge is 0.394 e. The van der Waals surface area contributed by atoms with Gasteiger partial charge in [0, 0.05) is 19.1 Å². The average Bonchev–Trinajstić information content (AvgIpc) is 2.47. The molecular weight excluding hydrogens is 296 g/mol. The number of hydrogen-bond acceptors (Lipinski definition) is 5. The minimum atomic E-state index is -1.01. The SMILES string of the molecule is CN(C)C(=O)C1=NC(CO)C(=O)N(c2ccc(Cl)cc2)N1. The molecule has 0 aliphatic carbocycles. The van der Waals surface area contributed by atoms with E-state index in [1.165, 1.54) is 9.91 Å². The minimum absolute atomic E-state index is 0.00593. The molecule has 1 aromatic carbocycles.